The fourth-order valence-electron chi connectivity index (χ4n) is 4.38. The summed E-state index contributed by atoms with van der Waals surface area (Å²) in [6.45, 7) is 10.7. The van der Waals surface area contributed by atoms with Crippen molar-refractivity contribution in [2.45, 2.75) is 58.2 Å². The lowest BCUT2D eigenvalue weighted by Gasteiger charge is -2.41. The highest BCUT2D eigenvalue weighted by Crippen LogP contribution is 2.17. The third-order valence-corrected chi connectivity index (χ3v) is 6.58. The van der Waals surface area contributed by atoms with Crippen LogP contribution in [0.25, 0.3) is 0 Å². The van der Waals surface area contributed by atoms with E-state index in [1.807, 2.05) is 25.7 Å². The number of carbonyl (C=O) groups excluding carboxylic acids is 2. The van der Waals surface area contributed by atoms with E-state index in [0.717, 1.165) is 57.7 Å². The van der Waals surface area contributed by atoms with Crippen molar-refractivity contribution < 1.29 is 14.0 Å². The number of rotatable bonds is 6. The third-order valence-electron chi connectivity index (χ3n) is 6.58. The van der Waals surface area contributed by atoms with Gasteiger partial charge in [-0.2, -0.15) is 0 Å². The van der Waals surface area contributed by atoms with Gasteiger partial charge in [-0.25, -0.2) is 4.39 Å². The summed E-state index contributed by atoms with van der Waals surface area (Å²) >= 11 is 0. The van der Waals surface area contributed by atoms with E-state index in [1.165, 1.54) is 18.6 Å². The SMILES string of the molecule is C[C@H](NC(=O)[C@H](C)N1CCN([C@H](C)C(=O)N2CCCCC2)CC1)c1ccc(F)cc1. The minimum atomic E-state index is -0.281. The number of benzene rings is 1. The molecule has 2 aliphatic heterocycles. The van der Waals surface area contributed by atoms with Gasteiger partial charge in [0.2, 0.25) is 11.8 Å². The van der Waals surface area contributed by atoms with E-state index in [0.29, 0.717) is 0 Å². The number of amides is 2. The molecule has 7 heteroatoms. The molecular formula is C23H35FN4O2. The van der Waals surface area contributed by atoms with Crippen LogP contribution < -0.4 is 5.32 Å². The average Bonchev–Trinajstić information content (AvgIpc) is 2.78. The molecule has 1 N–H and O–H groups in total. The average molecular weight is 419 g/mol. The van der Waals surface area contributed by atoms with Crippen LogP contribution in [0.3, 0.4) is 0 Å². The molecule has 0 spiro atoms. The van der Waals surface area contributed by atoms with Crippen LogP contribution in [0.4, 0.5) is 4.39 Å². The van der Waals surface area contributed by atoms with Crippen molar-refractivity contribution in [2.75, 3.05) is 39.3 Å². The Morgan fingerprint density at radius 3 is 1.93 bits per heavy atom. The summed E-state index contributed by atoms with van der Waals surface area (Å²) in [6.07, 6.45) is 3.43. The molecule has 6 nitrogen and oxygen atoms in total. The zero-order chi connectivity index (χ0) is 21.7. The topological polar surface area (TPSA) is 55.9 Å². The fourth-order valence-corrected chi connectivity index (χ4v) is 4.38. The Morgan fingerprint density at radius 1 is 0.833 bits per heavy atom. The number of piperazine rings is 1. The summed E-state index contributed by atoms with van der Waals surface area (Å²) in [6, 6.07) is 5.69. The van der Waals surface area contributed by atoms with Gasteiger partial charge in [0.15, 0.2) is 0 Å². The van der Waals surface area contributed by atoms with E-state index in [-0.39, 0.29) is 35.8 Å². The number of nitrogens with one attached hydrogen (secondary N) is 1. The predicted molar refractivity (Wildman–Crippen MR) is 115 cm³/mol. The van der Waals surface area contributed by atoms with Crippen molar-refractivity contribution in [3.63, 3.8) is 0 Å². The first-order valence-electron chi connectivity index (χ1n) is 11.2. The standard InChI is InChI=1S/C23H35FN4O2/c1-17(20-7-9-21(24)10-8-20)25-22(29)18(2)26-13-15-27(16-14-26)19(3)23(30)28-11-5-4-6-12-28/h7-10,17-19H,4-6,11-16H2,1-3H3,(H,25,29)/t17-,18-,19+/m0/s1. The fraction of sp³-hybridized carbons (Fsp3) is 0.652. The quantitative estimate of drug-likeness (QED) is 0.771. The van der Waals surface area contributed by atoms with Crippen LogP contribution in [0.15, 0.2) is 24.3 Å². The van der Waals surface area contributed by atoms with Crippen LogP contribution in [-0.2, 0) is 9.59 Å². The predicted octanol–water partition coefficient (Wildman–Crippen LogP) is 2.41. The molecule has 1 aromatic rings. The van der Waals surface area contributed by atoms with Gasteiger partial charge < -0.3 is 10.2 Å². The summed E-state index contributed by atoms with van der Waals surface area (Å²) in [5.41, 5.74) is 0.881. The van der Waals surface area contributed by atoms with Crippen LogP contribution in [-0.4, -0.2) is 77.9 Å². The van der Waals surface area contributed by atoms with Crippen LogP contribution in [0.5, 0.6) is 0 Å². The maximum Gasteiger partial charge on any atom is 0.239 e. The van der Waals surface area contributed by atoms with Crippen LogP contribution >= 0.6 is 0 Å². The minimum Gasteiger partial charge on any atom is -0.348 e. The van der Waals surface area contributed by atoms with Crippen molar-refractivity contribution >= 4 is 11.8 Å². The largest absolute Gasteiger partial charge is 0.348 e. The summed E-state index contributed by atoms with van der Waals surface area (Å²) in [5.74, 6) is -0.0729. The lowest BCUT2D eigenvalue weighted by molar-refractivity contribution is -0.139. The normalized spacial score (nSPS) is 21.7. The molecule has 0 aliphatic carbocycles. The Labute approximate surface area is 179 Å². The third kappa shape index (κ3) is 5.58. The van der Waals surface area contributed by atoms with E-state index in [9.17, 15) is 14.0 Å². The minimum absolute atomic E-state index is 0.0299. The Kier molecular flexibility index (Phi) is 7.83. The summed E-state index contributed by atoms with van der Waals surface area (Å²) in [5, 5.41) is 3.03. The second kappa shape index (κ2) is 10.4. The number of hydrogen-bond acceptors (Lipinski definition) is 4. The first kappa shape index (κ1) is 22.7. The summed E-state index contributed by atoms with van der Waals surface area (Å²) in [7, 11) is 0. The van der Waals surface area contributed by atoms with Gasteiger partial charge in [0, 0.05) is 39.3 Å². The first-order chi connectivity index (χ1) is 14.4. The van der Waals surface area contributed by atoms with Crippen molar-refractivity contribution in [3.05, 3.63) is 35.6 Å². The first-order valence-corrected chi connectivity index (χ1v) is 11.2. The van der Waals surface area contributed by atoms with Gasteiger partial charge in [0.25, 0.3) is 0 Å². The number of piperidine rings is 1. The Hall–Kier alpha value is -1.99. The molecule has 3 rings (SSSR count). The van der Waals surface area contributed by atoms with Gasteiger partial charge in [0.1, 0.15) is 5.82 Å². The van der Waals surface area contributed by atoms with Crippen molar-refractivity contribution in [2.24, 2.45) is 0 Å². The van der Waals surface area contributed by atoms with Gasteiger partial charge >= 0.3 is 0 Å². The molecule has 2 aliphatic rings. The number of halogens is 1. The summed E-state index contributed by atoms with van der Waals surface area (Å²) < 4.78 is 13.1. The van der Waals surface area contributed by atoms with Crippen molar-refractivity contribution in [1.82, 2.24) is 20.0 Å². The Bertz CT molecular complexity index is 712. The zero-order valence-electron chi connectivity index (χ0n) is 18.4. The highest BCUT2D eigenvalue weighted by atomic mass is 19.1. The molecule has 2 fully saturated rings. The number of likely N-dealkylation sites (tertiary alicyclic amines) is 1. The van der Waals surface area contributed by atoms with Gasteiger partial charge in [-0.3, -0.25) is 19.4 Å². The van der Waals surface area contributed by atoms with Gasteiger partial charge in [-0.05, 0) is 57.7 Å². The van der Waals surface area contributed by atoms with Crippen LogP contribution in [0, 0.1) is 5.82 Å². The number of hydrogen-bond donors (Lipinski definition) is 1. The van der Waals surface area contributed by atoms with E-state index >= 15 is 0 Å². The molecular weight excluding hydrogens is 383 g/mol. The molecule has 166 valence electrons. The lowest BCUT2D eigenvalue weighted by atomic mass is 10.1. The monoisotopic (exact) mass is 418 g/mol. The number of carbonyl (C=O) groups is 2. The molecule has 0 saturated carbocycles. The molecule has 2 saturated heterocycles. The van der Waals surface area contributed by atoms with Gasteiger partial charge in [0.05, 0.1) is 18.1 Å². The van der Waals surface area contributed by atoms with Crippen molar-refractivity contribution in [3.8, 4) is 0 Å². The smallest absolute Gasteiger partial charge is 0.239 e. The summed E-state index contributed by atoms with van der Waals surface area (Å²) in [4.78, 5) is 31.9. The molecule has 2 heterocycles. The Morgan fingerprint density at radius 2 is 1.37 bits per heavy atom. The Balaban J connectivity index is 1.47. The molecule has 0 bridgehead atoms. The molecule has 3 atom stereocenters. The molecule has 1 aromatic carbocycles. The second-order valence-corrected chi connectivity index (χ2v) is 8.59. The highest BCUT2D eigenvalue weighted by molar-refractivity contribution is 5.82. The lowest BCUT2D eigenvalue weighted by Crippen LogP contribution is -2.58. The van der Waals surface area contributed by atoms with E-state index in [2.05, 4.69) is 15.1 Å². The highest BCUT2D eigenvalue weighted by Gasteiger charge is 2.32. The van der Waals surface area contributed by atoms with E-state index in [4.69, 9.17) is 0 Å². The van der Waals surface area contributed by atoms with Crippen LogP contribution in [0.1, 0.15) is 51.6 Å². The van der Waals surface area contributed by atoms with Crippen molar-refractivity contribution in [1.29, 1.82) is 0 Å². The molecule has 30 heavy (non-hydrogen) atoms. The molecule has 0 aromatic heterocycles. The van der Waals surface area contributed by atoms with Crippen LogP contribution in [0.2, 0.25) is 0 Å². The maximum atomic E-state index is 13.1. The second-order valence-electron chi connectivity index (χ2n) is 8.59. The maximum absolute atomic E-state index is 13.1. The molecule has 0 radical (unpaired) electrons. The van der Waals surface area contributed by atoms with Gasteiger partial charge in [-0.15, -0.1) is 0 Å². The molecule has 0 unspecified atom stereocenters. The van der Waals surface area contributed by atoms with Gasteiger partial charge in [-0.1, -0.05) is 12.1 Å². The van der Waals surface area contributed by atoms with E-state index < -0.39 is 0 Å². The number of nitrogens with zero attached hydrogens (tertiary/aromatic N) is 3. The zero-order valence-corrected chi connectivity index (χ0v) is 18.4. The van der Waals surface area contributed by atoms with E-state index in [1.54, 1.807) is 12.1 Å². The molecule has 2 amide bonds.